The number of nitrogens with zero attached hydrogens (tertiary/aromatic N) is 2. The van der Waals surface area contributed by atoms with Crippen molar-refractivity contribution in [3.63, 3.8) is 0 Å². The van der Waals surface area contributed by atoms with Gasteiger partial charge in [-0.3, -0.25) is 4.79 Å². The number of nitrogens with one attached hydrogen (secondary N) is 1. The third-order valence-electron chi connectivity index (χ3n) is 3.58. The molecule has 1 aromatic heterocycles. The molecule has 0 aliphatic carbocycles. The lowest BCUT2D eigenvalue weighted by Gasteiger charge is -2.15. The highest BCUT2D eigenvalue weighted by molar-refractivity contribution is 7.89. The van der Waals surface area contributed by atoms with E-state index in [9.17, 15) is 13.2 Å². The van der Waals surface area contributed by atoms with Crippen LogP contribution in [0.4, 0.5) is 0 Å². The summed E-state index contributed by atoms with van der Waals surface area (Å²) >= 11 is 0. The predicted octanol–water partition coefficient (Wildman–Crippen LogP) is 1.74. The third kappa shape index (κ3) is 4.65. The van der Waals surface area contributed by atoms with Gasteiger partial charge in [-0.15, -0.1) is 0 Å². The van der Waals surface area contributed by atoms with E-state index >= 15 is 0 Å². The maximum absolute atomic E-state index is 12.0. The summed E-state index contributed by atoms with van der Waals surface area (Å²) in [4.78, 5) is 12.0. The molecule has 0 radical (unpaired) electrons. The van der Waals surface area contributed by atoms with Crippen LogP contribution in [-0.4, -0.2) is 49.7 Å². The Kier molecular flexibility index (Phi) is 6.10. The summed E-state index contributed by atoms with van der Waals surface area (Å²) in [6.07, 6.45) is 0.519. The van der Waals surface area contributed by atoms with Gasteiger partial charge in [0.15, 0.2) is 11.5 Å². The minimum Gasteiger partial charge on any atom is -0.355 e. The first kappa shape index (κ1) is 18.2. The molecule has 0 saturated heterocycles. The van der Waals surface area contributed by atoms with Crippen molar-refractivity contribution >= 4 is 15.9 Å². The van der Waals surface area contributed by atoms with Crippen molar-refractivity contribution in [2.75, 3.05) is 25.9 Å². The molecule has 0 saturated carbocycles. The molecule has 0 aliphatic rings. The molecule has 130 valence electrons. The summed E-state index contributed by atoms with van der Waals surface area (Å²) < 4.78 is 29.7. The van der Waals surface area contributed by atoms with Crippen molar-refractivity contribution in [3.8, 4) is 11.3 Å². The van der Waals surface area contributed by atoms with Crippen molar-refractivity contribution in [1.82, 2.24) is 14.8 Å². The number of aromatic nitrogens is 1. The highest BCUT2D eigenvalue weighted by atomic mass is 32.2. The van der Waals surface area contributed by atoms with Gasteiger partial charge in [-0.1, -0.05) is 35.5 Å². The highest BCUT2D eigenvalue weighted by Crippen LogP contribution is 2.19. The van der Waals surface area contributed by atoms with Crippen LogP contribution in [0.3, 0.4) is 0 Å². The fraction of sp³-hybridized carbons (Fsp3) is 0.375. The number of rotatable bonds is 8. The van der Waals surface area contributed by atoms with Gasteiger partial charge in [-0.25, -0.2) is 12.7 Å². The lowest BCUT2D eigenvalue weighted by atomic mass is 10.1. The number of carbonyl (C=O) groups excluding carboxylic acids is 1. The number of benzene rings is 1. The molecule has 1 heterocycles. The molecule has 24 heavy (non-hydrogen) atoms. The summed E-state index contributed by atoms with van der Waals surface area (Å²) in [6.45, 7) is 2.31. The summed E-state index contributed by atoms with van der Waals surface area (Å²) in [5.41, 5.74) is 1.04. The van der Waals surface area contributed by atoms with Crippen LogP contribution in [-0.2, 0) is 10.0 Å². The van der Waals surface area contributed by atoms with Crippen LogP contribution in [0.2, 0.25) is 0 Å². The summed E-state index contributed by atoms with van der Waals surface area (Å²) in [6, 6.07) is 11.0. The van der Waals surface area contributed by atoms with Gasteiger partial charge in [0.05, 0.1) is 5.75 Å². The molecule has 2 rings (SSSR count). The third-order valence-corrected chi connectivity index (χ3v) is 5.44. The number of sulfonamides is 1. The fourth-order valence-corrected chi connectivity index (χ4v) is 2.92. The van der Waals surface area contributed by atoms with Gasteiger partial charge >= 0.3 is 0 Å². The first-order valence-corrected chi connectivity index (χ1v) is 9.29. The van der Waals surface area contributed by atoms with Gasteiger partial charge in [0.1, 0.15) is 0 Å². The molecule has 1 aromatic carbocycles. The first-order valence-electron chi connectivity index (χ1n) is 7.68. The smallest absolute Gasteiger partial charge is 0.273 e. The van der Waals surface area contributed by atoms with Crippen molar-refractivity contribution in [1.29, 1.82) is 0 Å². The average molecular weight is 351 g/mol. The molecule has 1 amide bonds. The van der Waals surface area contributed by atoms with Crippen LogP contribution in [0.5, 0.6) is 0 Å². The monoisotopic (exact) mass is 351 g/mol. The molecular formula is C16H21N3O4S. The molecule has 1 N–H and O–H groups in total. The molecule has 0 spiro atoms. The number of hydrogen-bond acceptors (Lipinski definition) is 5. The van der Waals surface area contributed by atoms with Crippen molar-refractivity contribution in [2.45, 2.75) is 13.3 Å². The zero-order valence-electron chi connectivity index (χ0n) is 13.7. The van der Waals surface area contributed by atoms with E-state index in [1.165, 1.54) is 11.4 Å². The molecule has 0 bridgehead atoms. The zero-order valence-corrected chi connectivity index (χ0v) is 14.5. The second-order valence-electron chi connectivity index (χ2n) is 5.27. The summed E-state index contributed by atoms with van der Waals surface area (Å²) in [5, 5.41) is 6.47. The highest BCUT2D eigenvalue weighted by Gasteiger charge is 2.15. The maximum Gasteiger partial charge on any atom is 0.273 e. The van der Waals surface area contributed by atoms with Crippen LogP contribution >= 0.6 is 0 Å². The van der Waals surface area contributed by atoms with Crippen LogP contribution in [0, 0.1) is 0 Å². The zero-order chi connectivity index (χ0) is 17.6. The minimum atomic E-state index is -3.19. The minimum absolute atomic E-state index is 0.0665. The van der Waals surface area contributed by atoms with Gasteiger partial charge in [0.2, 0.25) is 10.0 Å². The van der Waals surface area contributed by atoms with E-state index < -0.39 is 10.0 Å². The van der Waals surface area contributed by atoms with E-state index in [1.54, 1.807) is 13.0 Å². The SMILES string of the molecule is CCS(=O)(=O)N(C)CCCNC(=O)c1cc(-c2ccccc2)on1. The number of hydrogen-bond donors (Lipinski definition) is 1. The van der Waals surface area contributed by atoms with Crippen molar-refractivity contribution in [3.05, 3.63) is 42.1 Å². The molecule has 0 unspecified atom stereocenters. The predicted molar refractivity (Wildman–Crippen MR) is 91.0 cm³/mol. The molecule has 8 heteroatoms. The Hall–Kier alpha value is -2.19. The van der Waals surface area contributed by atoms with Crippen molar-refractivity contribution < 1.29 is 17.7 Å². The van der Waals surface area contributed by atoms with Gasteiger partial charge in [-0.05, 0) is 13.3 Å². The standard InChI is InChI=1S/C16H21N3O4S/c1-3-24(21,22)19(2)11-7-10-17-16(20)14-12-15(23-18-14)13-8-5-4-6-9-13/h4-6,8-9,12H,3,7,10-11H2,1-2H3,(H,17,20). The van der Waals surface area contributed by atoms with Gasteiger partial charge in [0, 0.05) is 31.8 Å². The molecule has 2 aromatic rings. The Morgan fingerprint density at radius 3 is 2.67 bits per heavy atom. The van der Waals surface area contributed by atoms with E-state index in [-0.39, 0.29) is 17.4 Å². The maximum atomic E-state index is 12.0. The topological polar surface area (TPSA) is 92.5 Å². The van der Waals surface area contributed by atoms with E-state index in [0.29, 0.717) is 25.3 Å². The molecule has 7 nitrogen and oxygen atoms in total. The number of amides is 1. The molecule has 0 fully saturated rings. The normalized spacial score (nSPS) is 11.6. The first-order chi connectivity index (χ1) is 11.4. The Morgan fingerprint density at radius 2 is 2.00 bits per heavy atom. The Labute approximate surface area is 141 Å². The lowest BCUT2D eigenvalue weighted by Crippen LogP contribution is -2.32. The van der Waals surface area contributed by atoms with Crippen molar-refractivity contribution in [2.24, 2.45) is 0 Å². The van der Waals surface area contributed by atoms with Crippen LogP contribution in [0.25, 0.3) is 11.3 Å². The van der Waals surface area contributed by atoms with Crippen LogP contribution in [0.15, 0.2) is 40.9 Å². The van der Waals surface area contributed by atoms with E-state index in [2.05, 4.69) is 10.5 Å². The molecule has 0 atom stereocenters. The van der Waals surface area contributed by atoms with E-state index in [4.69, 9.17) is 4.52 Å². The largest absolute Gasteiger partial charge is 0.355 e. The quantitative estimate of drug-likeness (QED) is 0.731. The summed E-state index contributed by atoms with van der Waals surface area (Å²) in [5.74, 6) is 0.244. The Balaban J connectivity index is 1.83. The Morgan fingerprint density at radius 1 is 1.29 bits per heavy atom. The summed E-state index contributed by atoms with van der Waals surface area (Å²) in [7, 11) is -1.65. The number of carbonyl (C=O) groups is 1. The molecule has 0 aliphatic heterocycles. The second kappa shape index (κ2) is 8.07. The van der Waals surface area contributed by atoms with Gasteiger partial charge in [-0.2, -0.15) is 0 Å². The van der Waals surface area contributed by atoms with E-state index in [1.807, 2.05) is 30.3 Å². The average Bonchev–Trinajstić information content (AvgIpc) is 3.09. The fourth-order valence-electron chi connectivity index (χ4n) is 2.07. The van der Waals surface area contributed by atoms with E-state index in [0.717, 1.165) is 5.56 Å². The van der Waals surface area contributed by atoms with Crippen LogP contribution < -0.4 is 5.32 Å². The second-order valence-corrected chi connectivity index (χ2v) is 7.64. The van der Waals surface area contributed by atoms with Crippen LogP contribution in [0.1, 0.15) is 23.8 Å². The van der Waals surface area contributed by atoms with Gasteiger partial charge in [0.25, 0.3) is 5.91 Å². The van der Waals surface area contributed by atoms with Gasteiger partial charge < -0.3 is 9.84 Å². The molecular weight excluding hydrogens is 330 g/mol. The Bertz CT molecular complexity index is 772. The lowest BCUT2D eigenvalue weighted by molar-refractivity contribution is 0.0944.